The van der Waals surface area contributed by atoms with Gasteiger partial charge in [-0.2, -0.15) is 0 Å². The third-order valence-corrected chi connectivity index (χ3v) is 6.63. The standard InChI is InChI=1S/C28H25N7O3/c1-16-22-12-26(33-18-10-19(14-30-13-18)34-28(37)17-6-7-31-25(29)9-17)32-15-23(22)21-5-4-20(11-24(21)38-16)35-8-2-3-27(35)36/h4-7,9-16H,2-3,8H2,1H3,(H2,29,31)(H,32,33)(H,34,37). The van der Waals surface area contributed by atoms with Crippen molar-refractivity contribution in [2.75, 3.05) is 27.8 Å². The number of nitrogens with two attached hydrogens (primary N) is 1. The van der Waals surface area contributed by atoms with E-state index in [4.69, 9.17) is 10.5 Å². The summed E-state index contributed by atoms with van der Waals surface area (Å²) in [5, 5.41) is 6.07. The summed E-state index contributed by atoms with van der Waals surface area (Å²) in [6, 6.07) is 12.7. The normalized spacial score (nSPS) is 15.9. The molecule has 1 aromatic carbocycles. The van der Waals surface area contributed by atoms with Gasteiger partial charge in [-0.15, -0.1) is 0 Å². The van der Waals surface area contributed by atoms with Gasteiger partial charge in [-0.05, 0) is 49.7 Å². The number of benzene rings is 1. The maximum Gasteiger partial charge on any atom is 0.255 e. The molecule has 1 fully saturated rings. The van der Waals surface area contributed by atoms with Gasteiger partial charge in [-0.25, -0.2) is 9.97 Å². The average Bonchev–Trinajstić information content (AvgIpc) is 3.34. The van der Waals surface area contributed by atoms with Gasteiger partial charge >= 0.3 is 0 Å². The van der Waals surface area contributed by atoms with Gasteiger partial charge in [0.1, 0.15) is 23.5 Å². The Labute approximate surface area is 218 Å². The molecule has 6 rings (SSSR count). The molecular formula is C28H25N7O3. The molecule has 4 aromatic rings. The van der Waals surface area contributed by atoms with Gasteiger partial charge in [0, 0.05) is 59.4 Å². The van der Waals surface area contributed by atoms with Gasteiger partial charge in [-0.3, -0.25) is 14.6 Å². The number of amides is 2. The van der Waals surface area contributed by atoms with Crippen molar-refractivity contribution in [3.8, 4) is 16.9 Å². The molecule has 1 unspecified atom stereocenters. The number of hydrogen-bond donors (Lipinski definition) is 3. The van der Waals surface area contributed by atoms with Crippen LogP contribution in [0.5, 0.6) is 5.75 Å². The van der Waals surface area contributed by atoms with E-state index in [1.807, 2.05) is 42.3 Å². The van der Waals surface area contributed by atoms with Crippen molar-refractivity contribution in [3.63, 3.8) is 0 Å². The van der Waals surface area contributed by atoms with Crippen molar-refractivity contribution in [3.05, 3.63) is 78.4 Å². The largest absolute Gasteiger partial charge is 0.485 e. The highest BCUT2D eigenvalue weighted by Crippen LogP contribution is 2.44. The van der Waals surface area contributed by atoms with Crippen LogP contribution in [0.1, 0.15) is 41.8 Å². The number of carbonyl (C=O) groups is 2. The monoisotopic (exact) mass is 507 g/mol. The SMILES string of the molecule is CC1Oc2cc(N3CCCC3=O)ccc2-c2cnc(Nc3cncc(NC(=O)c4ccnc(N)c4)c3)cc21. The maximum absolute atomic E-state index is 12.6. The first-order valence-electron chi connectivity index (χ1n) is 12.3. The molecule has 0 spiro atoms. The lowest BCUT2D eigenvalue weighted by Crippen LogP contribution is -2.24. The van der Waals surface area contributed by atoms with Crippen LogP contribution in [-0.2, 0) is 4.79 Å². The summed E-state index contributed by atoms with van der Waals surface area (Å²) in [5.74, 6) is 1.47. The molecule has 2 amide bonds. The minimum atomic E-state index is -0.313. The molecule has 1 atom stereocenters. The lowest BCUT2D eigenvalue weighted by atomic mass is 9.94. The highest BCUT2D eigenvalue weighted by molar-refractivity contribution is 6.04. The van der Waals surface area contributed by atoms with E-state index < -0.39 is 0 Å². The number of nitrogen functional groups attached to an aromatic ring is 1. The highest BCUT2D eigenvalue weighted by Gasteiger charge is 2.27. The smallest absolute Gasteiger partial charge is 0.255 e. The van der Waals surface area contributed by atoms with Gasteiger partial charge in [0.2, 0.25) is 5.91 Å². The van der Waals surface area contributed by atoms with Crippen LogP contribution in [0.2, 0.25) is 0 Å². The van der Waals surface area contributed by atoms with Crippen molar-refractivity contribution in [2.45, 2.75) is 25.9 Å². The van der Waals surface area contributed by atoms with E-state index in [-0.39, 0.29) is 23.7 Å². The summed E-state index contributed by atoms with van der Waals surface area (Å²) in [5.41, 5.74) is 11.0. The summed E-state index contributed by atoms with van der Waals surface area (Å²) in [6.07, 6.45) is 7.77. The quantitative estimate of drug-likeness (QED) is 0.354. The fourth-order valence-electron chi connectivity index (χ4n) is 4.79. The molecule has 0 saturated carbocycles. The van der Waals surface area contributed by atoms with Crippen LogP contribution in [0.15, 0.2) is 67.3 Å². The van der Waals surface area contributed by atoms with E-state index in [0.29, 0.717) is 29.2 Å². The molecule has 38 heavy (non-hydrogen) atoms. The number of aromatic nitrogens is 3. The molecule has 4 N–H and O–H groups in total. The molecule has 0 bridgehead atoms. The number of anilines is 5. The Bertz CT molecular complexity index is 1570. The highest BCUT2D eigenvalue weighted by atomic mass is 16.5. The lowest BCUT2D eigenvalue weighted by Gasteiger charge is -2.28. The second-order valence-corrected chi connectivity index (χ2v) is 9.26. The maximum atomic E-state index is 12.6. The Kier molecular flexibility index (Phi) is 5.83. The van der Waals surface area contributed by atoms with E-state index >= 15 is 0 Å². The summed E-state index contributed by atoms with van der Waals surface area (Å²) >= 11 is 0. The van der Waals surface area contributed by atoms with Gasteiger partial charge in [0.25, 0.3) is 5.91 Å². The van der Waals surface area contributed by atoms with Gasteiger partial charge in [0.15, 0.2) is 0 Å². The van der Waals surface area contributed by atoms with Crippen molar-refractivity contribution in [2.24, 2.45) is 0 Å². The molecule has 10 nitrogen and oxygen atoms in total. The van der Waals surface area contributed by atoms with Crippen molar-refractivity contribution < 1.29 is 14.3 Å². The van der Waals surface area contributed by atoms with Crippen molar-refractivity contribution in [1.82, 2.24) is 15.0 Å². The second-order valence-electron chi connectivity index (χ2n) is 9.26. The zero-order valence-electron chi connectivity index (χ0n) is 20.6. The number of ether oxygens (including phenoxy) is 1. The van der Waals surface area contributed by atoms with Gasteiger partial charge < -0.3 is 26.0 Å². The lowest BCUT2D eigenvalue weighted by molar-refractivity contribution is -0.117. The molecule has 1 saturated heterocycles. The first-order chi connectivity index (χ1) is 18.4. The number of pyridine rings is 3. The second kappa shape index (κ2) is 9.47. The van der Waals surface area contributed by atoms with Gasteiger partial charge in [-0.1, -0.05) is 0 Å². The molecule has 5 heterocycles. The van der Waals surface area contributed by atoms with Crippen LogP contribution >= 0.6 is 0 Å². The van der Waals surface area contributed by atoms with Crippen LogP contribution in [0.25, 0.3) is 11.1 Å². The summed E-state index contributed by atoms with van der Waals surface area (Å²) in [6.45, 7) is 2.72. The molecule has 0 aliphatic carbocycles. The average molecular weight is 508 g/mol. The Balaban J connectivity index is 1.21. The van der Waals surface area contributed by atoms with E-state index in [2.05, 4.69) is 25.6 Å². The number of nitrogens with zero attached hydrogens (tertiary/aromatic N) is 4. The topological polar surface area (TPSA) is 135 Å². The predicted octanol–water partition coefficient (Wildman–Crippen LogP) is 4.70. The number of carbonyl (C=O) groups excluding carboxylic acids is 2. The Morgan fingerprint density at radius 3 is 2.74 bits per heavy atom. The molecular weight excluding hydrogens is 482 g/mol. The Morgan fingerprint density at radius 2 is 1.92 bits per heavy atom. The van der Waals surface area contributed by atoms with Crippen LogP contribution < -0.4 is 26.0 Å². The first kappa shape index (κ1) is 23.4. The summed E-state index contributed by atoms with van der Waals surface area (Å²) < 4.78 is 6.25. The van der Waals surface area contributed by atoms with Crippen LogP contribution in [0, 0.1) is 0 Å². The molecule has 3 aromatic heterocycles. The number of rotatable bonds is 5. The molecule has 190 valence electrons. The zero-order valence-corrected chi connectivity index (χ0v) is 20.6. The van der Waals surface area contributed by atoms with E-state index in [0.717, 1.165) is 41.1 Å². The Morgan fingerprint density at radius 1 is 1.05 bits per heavy atom. The minimum Gasteiger partial charge on any atom is -0.485 e. The third-order valence-electron chi connectivity index (χ3n) is 6.63. The third kappa shape index (κ3) is 4.47. The van der Waals surface area contributed by atoms with Crippen LogP contribution in [-0.4, -0.2) is 33.3 Å². The van der Waals surface area contributed by atoms with E-state index in [9.17, 15) is 9.59 Å². The number of nitrogens with one attached hydrogen (secondary N) is 2. The predicted molar refractivity (Wildman–Crippen MR) is 144 cm³/mol. The zero-order chi connectivity index (χ0) is 26.2. The molecule has 0 radical (unpaired) electrons. The molecule has 10 heteroatoms. The fraction of sp³-hybridized carbons (Fsp3) is 0.179. The van der Waals surface area contributed by atoms with Crippen LogP contribution in [0.4, 0.5) is 28.7 Å². The van der Waals surface area contributed by atoms with Crippen molar-refractivity contribution >= 4 is 40.5 Å². The number of hydrogen-bond acceptors (Lipinski definition) is 8. The molecule has 2 aliphatic rings. The van der Waals surface area contributed by atoms with E-state index in [1.165, 1.54) is 12.3 Å². The van der Waals surface area contributed by atoms with Gasteiger partial charge in [0.05, 0.1) is 23.8 Å². The fourth-order valence-corrected chi connectivity index (χ4v) is 4.79. The van der Waals surface area contributed by atoms with Crippen LogP contribution in [0.3, 0.4) is 0 Å². The van der Waals surface area contributed by atoms with Crippen molar-refractivity contribution in [1.29, 1.82) is 0 Å². The Hall–Kier alpha value is -4.99. The number of fused-ring (bicyclic) bond motifs is 3. The minimum absolute atomic E-state index is 0.145. The summed E-state index contributed by atoms with van der Waals surface area (Å²) in [7, 11) is 0. The first-order valence-corrected chi connectivity index (χ1v) is 12.3. The van der Waals surface area contributed by atoms with E-state index in [1.54, 1.807) is 24.5 Å². The molecule has 2 aliphatic heterocycles. The summed E-state index contributed by atoms with van der Waals surface area (Å²) in [4.78, 5) is 39.3.